The highest BCUT2D eigenvalue weighted by Crippen LogP contribution is 2.01. The second-order valence-electron chi connectivity index (χ2n) is 2.92. The van der Waals surface area contributed by atoms with Crippen molar-refractivity contribution in [3.05, 3.63) is 28.8 Å². The molecule has 0 aliphatic carbocycles. The highest BCUT2D eigenvalue weighted by molar-refractivity contribution is 6.06. The van der Waals surface area contributed by atoms with E-state index in [0.29, 0.717) is 24.3 Å². The third-order valence-corrected chi connectivity index (χ3v) is 1.92. The Labute approximate surface area is 80.7 Å². The molecule has 1 aliphatic heterocycles. The molecule has 0 radical (unpaired) electrons. The minimum atomic E-state index is -0.233. The third-order valence-electron chi connectivity index (χ3n) is 1.92. The van der Waals surface area contributed by atoms with Crippen LogP contribution in [0, 0.1) is 0 Å². The lowest BCUT2D eigenvalue weighted by Crippen LogP contribution is -2.25. The van der Waals surface area contributed by atoms with Gasteiger partial charge in [-0.05, 0) is 12.1 Å². The van der Waals surface area contributed by atoms with Crippen LogP contribution >= 0.6 is 0 Å². The van der Waals surface area contributed by atoms with Gasteiger partial charge in [-0.1, -0.05) is 6.07 Å². The first-order chi connectivity index (χ1) is 6.81. The summed E-state index contributed by atoms with van der Waals surface area (Å²) in [7, 11) is 0. The van der Waals surface area contributed by atoms with Gasteiger partial charge < -0.3 is 10.5 Å². The van der Waals surface area contributed by atoms with Gasteiger partial charge in [0.05, 0.1) is 5.36 Å². The first-order valence-corrected chi connectivity index (χ1v) is 4.37. The van der Waals surface area contributed by atoms with E-state index in [1.807, 2.05) is 0 Å². The lowest BCUT2D eigenvalue weighted by Gasteiger charge is -2.03. The highest BCUT2D eigenvalue weighted by Gasteiger charge is 2.07. The summed E-state index contributed by atoms with van der Waals surface area (Å²) in [5, 5.41) is 1.43. The second-order valence-corrected chi connectivity index (χ2v) is 2.92. The van der Waals surface area contributed by atoms with Crippen LogP contribution < -0.4 is 21.0 Å². The molecule has 0 aromatic heterocycles. The molecule has 0 spiro atoms. The zero-order valence-corrected chi connectivity index (χ0v) is 7.56. The second kappa shape index (κ2) is 3.59. The van der Waals surface area contributed by atoms with E-state index in [-0.39, 0.29) is 5.91 Å². The van der Waals surface area contributed by atoms with E-state index in [1.54, 1.807) is 18.2 Å². The van der Waals surface area contributed by atoms with Crippen molar-refractivity contribution in [2.75, 3.05) is 13.2 Å². The molecular weight excluding hydrogens is 180 g/mol. The summed E-state index contributed by atoms with van der Waals surface area (Å²) in [6.07, 6.45) is 1.47. The molecule has 1 aromatic rings. The summed E-state index contributed by atoms with van der Waals surface area (Å²) in [5.74, 6) is 0.436. The molecule has 14 heavy (non-hydrogen) atoms. The number of carbonyl (C=O) groups is 1. The Hall–Kier alpha value is -1.68. The molecule has 0 bridgehead atoms. The molecule has 1 heterocycles. The molecule has 0 unspecified atom stereocenters. The Balaban J connectivity index is 2.46. The number of amides is 1. The zero-order chi connectivity index (χ0) is 9.97. The van der Waals surface area contributed by atoms with Gasteiger partial charge in [-0.25, -0.2) is 4.99 Å². The van der Waals surface area contributed by atoms with E-state index in [9.17, 15) is 4.79 Å². The van der Waals surface area contributed by atoms with Crippen molar-refractivity contribution < 1.29 is 9.53 Å². The largest absolute Gasteiger partial charge is 0.492 e. The van der Waals surface area contributed by atoms with Crippen molar-refractivity contribution in [3.63, 3.8) is 0 Å². The van der Waals surface area contributed by atoms with Crippen molar-refractivity contribution in [2.24, 2.45) is 10.7 Å². The van der Waals surface area contributed by atoms with Gasteiger partial charge >= 0.3 is 0 Å². The van der Waals surface area contributed by atoms with Crippen LogP contribution in [0.1, 0.15) is 0 Å². The van der Waals surface area contributed by atoms with Gasteiger partial charge in [0.1, 0.15) is 12.4 Å². The number of rotatable bonds is 3. The fraction of sp³-hybridized carbons (Fsp3) is 0.200. The molecule has 4 heteroatoms. The predicted octanol–water partition coefficient (Wildman–Crippen LogP) is -1.04. The first-order valence-electron chi connectivity index (χ1n) is 4.37. The summed E-state index contributed by atoms with van der Waals surface area (Å²) in [6.45, 7) is 0.896. The summed E-state index contributed by atoms with van der Waals surface area (Å²) in [5.41, 5.74) is 5.32. The van der Waals surface area contributed by atoms with Crippen LogP contribution in [0.15, 0.2) is 23.2 Å². The third kappa shape index (κ3) is 1.52. The molecule has 0 saturated heterocycles. The van der Waals surface area contributed by atoms with E-state index in [0.717, 1.165) is 5.22 Å². The van der Waals surface area contributed by atoms with Crippen molar-refractivity contribution >= 4 is 12.0 Å². The van der Waals surface area contributed by atoms with E-state index in [2.05, 4.69) is 4.99 Å². The fourth-order valence-electron chi connectivity index (χ4n) is 1.34. The SMILES string of the molecule is NCCOc1cccc2c1=CC(=O)N=2. The van der Waals surface area contributed by atoms with Gasteiger partial charge in [0.15, 0.2) is 0 Å². The topological polar surface area (TPSA) is 64.7 Å². The molecule has 4 nitrogen and oxygen atoms in total. The van der Waals surface area contributed by atoms with E-state index >= 15 is 0 Å². The van der Waals surface area contributed by atoms with Crippen LogP contribution in [0.25, 0.3) is 6.08 Å². The van der Waals surface area contributed by atoms with Crippen LogP contribution in [0.4, 0.5) is 0 Å². The summed E-state index contributed by atoms with van der Waals surface area (Å²) >= 11 is 0. The first kappa shape index (κ1) is 8.90. The number of hydrogen-bond donors (Lipinski definition) is 1. The standard InChI is InChI=1S/C10H10N2O2/c11-4-5-14-9-3-1-2-8-7(9)6-10(13)12-8/h1-3,6H,4-5,11H2. The van der Waals surface area contributed by atoms with E-state index in [4.69, 9.17) is 10.5 Å². The van der Waals surface area contributed by atoms with Gasteiger partial charge in [0, 0.05) is 17.8 Å². The summed E-state index contributed by atoms with van der Waals surface area (Å²) in [6, 6.07) is 5.39. The Kier molecular flexibility index (Phi) is 2.28. The van der Waals surface area contributed by atoms with Crippen LogP contribution in [0.5, 0.6) is 5.75 Å². The van der Waals surface area contributed by atoms with Gasteiger partial charge in [-0.3, -0.25) is 4.79 Å². The minimum Gasteiger partial charge on any atom is -0.492 e. The number of fused-ring (bicyclic) bond motifs is 1. The maximum atomic E-state index is 11.0. The highest BCUT2D eigenvalue weighted by atomic mass is 16.5. The summed E-state index contributed by atoms with van der Waals surface area (Å²) < 4.78 is 5.38. The number of hydrogen-bond acceptors (Lipinski definition) is 3. The number of carbonyl (C=O) groups excluding carboxylic acids is 1. The minimum absolute atomic E-state index is 0.233. The molecule has 1 aromatic carbocycles. The fourth-order valence-corrected chi connectivity index (χ4v) is 1.34. The lowest BCUT2D eigenvalue weighted by molar-refractivity contribution is -0.112. The van der Waals surface area contributed by atoms with Crippen molar-refractivity contribution in [1.29, 1.82) is 0 Å². The summed E-state index contributed by atoms with van der Waals surface area (Å²) in [4.78, 5) is 14.8. The predicted molar refractivity (Wildman–Crippen MR) is 51.2 cm³/mol. The van der Waals surface area contributed by atoms with Crippen LogP contribution in [0.2, 0.25) is 0 Å². The van der Waals surface area contributed by atoms with Crippen molar-refractivity contribution in [3.8, 4) is 5.75 Å². The molecule has 1 aliphatic rings. The number of nitrogens with zero attached hydrogens (tertiary/aromatic N) is 1. The number of nitrogens with two attached hydrogens (primary N) is 1. The molecule has 2 rings (SSSR count). The molecule has 1 amide bonds. The molecule has 0 fully saturated rings. The Morgan fingerprint density at radius 1 is 1.43 bits per heavy atom. The average molecular weight is 190 g/mol. The number of ether oxygens (including phenoxy) is 1. The van der Waals surface area contributed by atoms with Crippen LogP contribution in [0.3, 0.4) is 0 Å². The maximum Gasteiger partial charge on any atom is 0.271 e. The van der Waals surface area contributed by atoms with Crippen molar-refractivity contribution in [2.45, 2.75) is 0 Å². The zero-order valence-electron chi connectivity index (χ0n) is 7.56. The Morgan fingerprint density at radius 3 is 3.07 bits per heavy atom. The number of benzene rings is 1. The average Bonchev–Trinajstić information content (AvgIpc) is 2.55. The molecular formula is C10H10N2O2. The van der Waals surface area contributed by atoms with Gasteiger partial charge in [-0.2, -0.15) is 0 Å². The molecule has 0 saturated carbocycles. The van der Waals surface area contributed by atoms with Gasteiger partial charge in [0.2, 0.25) is 0 Å². The molecule has 0 atom stereocenters. The maximum absolute atomic E-state index is 11.0. The normalized spacial score (nSPS) is 13.1. The lowest BCUT2D eigenvalue weighted by atomic mass is 10.2. The van der Waals surface area contributed by atoms with Crippen molar-refractivity contribution in [1.82, 2.24) is 0 Å². The Bertz CT molecular complexity index is 479. The molecule has 72 valence electrons. The van der Waals surface area contributed by atoms with Gasteiger partial charge in [0.25, 0.3) is 5.91 Å². The van der Waals surface area contributed by atoms with Crippen LogP contribution in [-0.2, 0) is 4.79 Å². The Morgan fingerprint density at radius 2 is 2.29 bits per heavy atom. The quantitative estimate of drug-likeness (QED) is 0.662. The van der Waals surface area contributed by atoms with Crippen LogP contribution in [-0.4, -0.2) is 19.1 Å². The monoisotopic (exact) mass is 190 g/mol. The smallest absolute Gasteiger partial charge is 0.271 e. The molecule has 2 N–H and O–H groups in total. The van der Waals surface area contributed by atoms with E-state index < -0.39 is 0 Å². The van der Waals surface area contributed by atoms with Gasteiger partial charge in [-0.15, -0.1) is 0 Å². The van der Waals surface area contributed by atoms with E-state index in [1.165, 1.54) is 6.08 Å².